The van der Waals surface area contributed by atoms with Crippen LogP contribution in [0.2, 0.25) is 0 Å². The Morgan fingerprint density at radius 3 is 2.81 bits per heavy atom. The van der Waals surface area contributed by atoms with Crippen LogP contribution in [0.1, 0.15) is 0 Å². The highest BCUT2D eigenvalue weighted by molar-refractivity contribution is 5.95. The molecule has 0 aliphatic carbocycles. The second-order valence-electron chi connectivity index (χ2n) is 3.20. The molecule has 2 rings (SSSR count). The molecule has 0 aliphatic rings. The molecule has 2 N–H and O–H groups in total. The van der Waals surface area contributed by atoms with Gasteiger partial charge in [-0.25, -0.2) is 4.79 Å². The average molecular weight is 220 g/mol. The van der Waals surface area contributed by atoms with Gasteiger partial charge in [0.1, 0.15) is 0 Å². The van der Waals surface area contributed by atoms with Gasteiger partial charge in [-0.15, -0.1) is 0 Å². The van der Waals surface area contributed by atoms with Gasteiger partial charge >= 0.3 is 6.09 Å². The minimum absolute atomic E-state index is 0.524. The summed E-state index contributed by atoms with van der Waals surface area (Å²) in [6.45, 7) is 0. The molecule has 5 heteroatoms. The zero-order valence-electron chi connectivity index (χ0n) is 9.03. The number of ether oxygens (including phenoxy) is 2. The summed E-state index contributed by atoms with van der Waals surface area (Å²) >= 11 is 0. The summed E-state index contributed by atoms with van der Waals surface area (Å²) in [5, 5.41) is 3.61. The first-order valence-electron chi connectivity index (χ1n) is 4.75. The molecule has 0 bridgehead atoms. The van der Waals surface area contributed by atoms with Crippen LogP contribution in [0, 0.1) is 0 Å². The number of methoxy groups -OCH3 is 2. The number of hydrogen-bond donors (Lipinski definition) is 2. The maximum absolute atomic E-state index is 11.1. The molecule has 84 valence electrons. The summed E-state index contributed by atoms with van der Waals surface area (Å²) in [5.41, 5.74) is 1.42. The Morgan fingerprint density at radius 1 is 1.31 bits per heavy atom. The molecule has 1 aromatic heterocycles. The Balaban J connectivity index is 2.47. The molecule has 0 radical (unpaired) electrons. The lowest BCUT2D eigenvalue weighted by atomic mass is 10.2. The number of aromatic nitrogens is 1. The monoisotopic (exact) mass is 220 g/mol. The van der Waals surface area contributed by atoms with Gasteiger partial charge in [0.15, 0.2) is 5.75 Å². The number of nitrogens with one attached hydrogen (secondary N) is 2. The van der Waals surface area contributed by atoms with Crippen molar-refractivity contribution in [2.75, 3.05) is 19.5 Å². The van der Waals surface area contributed by atoms with Gasteiger partial charge in [-0.2, -0.15) is 0 Å². The normalized spacial score (nSPS) is 10.1. The first-order chi connectivity index (χ1) is 7.76. The van der Waals surface area contributed by atoms with E-state index in [1.807, 2.05) is 18.3 Å². The fourth-order valence-electron chi connectivity index (χ4n) is 1.57. The Labute approximate surface area is 92.4 Å². The maximum atomic E-state index is 11.1. The lowest BCUT2D eigenvalue weighted by Crippen LogP contribution is -2.11. The predicted octanol–water partition coefficient (Wildman–Crippen LogP) is 2.35. The van der Waals surface area contributed by atoms with Crippen LogP contribution in [0.25, 0.3) is 10.9 Å². The molecule has 1 aromatic carbocycles. The van der Waals surface area contributed by atoms with Gasteiger partial charge in [-0.3, -0.25) is 5.32 Å². The molecule has 1 heterocycles. The van der Waals surface area contributed by atoms with Crippen LogP contribution in [0.3, 0.4) is 0 Å². The molecule has 0 saturated heterocycles. The first kappa shape index (κ1) is 10.4. The minimum atomic E-state index is -0.524. The van der Waals surface area contributed by atoms with Gasteiger partial charge in [0.25, 0.3) is 0 Å². The average Bonchev–Trinajstić information content (AvgIpc) is 2.76. The number of amides is 1. The molecular formula is C11H12N2O3. The number of hydrogen-bond acceptors (Lipinski definition) is 3. The minimum Gasteiger partial charge on any atom is -0.492 e. The zero-order valence-corrected chi connectivity index (χ0v) is 9.03. The van der Waals surface area contributed by atoms with E-state index in [-0.39, 0.29) is 0 Å². The molecule has 2 aromatic rings. The SMILES string of the molecule is COC(=O)Nc1ccc2cc[nH]c2c1OC. The highest BCUT2D eigenvalue weighted by Crippen LogP contribution is 2.32. The Kier molecular flexibility index (Phi) is 2.68. The zero-order chi connectivity index (χ0) is 11.5. The van der Waals surface area contributed by atoms with Crippen molar-refractivity contribution in [2.45, 2.75) is 0 Å². The van der Waals surface area contributed by atoms with Gasteiger partial charge in [0.2, 0.25) is 0 Å². The second-order valence-corrected chi connectivity index (χ2v) is 3.20. The molecule has 0 aliphatic heterocycles. The molecule has 0 spiro atoms. The van der Waals surface area contributed by atoms with Crippen LogP contribution in [0.4, 0.5) is 10.5 Å². The molecule has 0 saturated carbocycles. The summed E-state index contributed by atoms with van der Waals surface area (Å²) in [5.74, 6) is 0.591. The van der Waals surface area contributed by atoms with E-state index in [0.29, 0.717) is 11.4 Å². The van der Waals surface area contributed by atoms with Crippen molar-refractivity contribution in [3.63, 3.8) is 0 Å². The van der Waals surface area contributed by atoms with Crippen LogP contribution in [-0.4, -0.2) is 25.3 Å². The van der Waals surface area contributed by atoms with Crippen LogP contribution in [-0.2, 0) is 4.74 Å². The van der Waals surface area contributed by atoms with Gasteiger partial charge in [0.05, 0.1) is 25.4 Å². The summed E-state index contributed by atoms with van der Waals surface area (Å²) in [6.07, 6.45) is 1.29. The molecule has 16 heavy (non-hydrogen) atoms. The largest absolute Gasteiger partial charge is 0.492 e. The summed E-state index contributed by atoms with van der Waals surface area (Å²) < 4.78 is 9.79. The third-order valence-corrected chi connectivity index (χ3v) is 2.31. The van der Waals surface area contributed by atoms with Crippen molar-refractivity contribution in [1.29, 1.82) is 0 Å². The van der Waals surface area contributed by atoms with E-state index in [4.69, 9.17) is 4.74 Å². The fourth-order valence-corrected chi connectivity index (χ4v) is 1.57. The predicted molar refractivity (Wildman–Crippen MR) is 60.9 cm³/mol. The van der Waals surface area contributed by atoms with E-state index in [0.717, 1.165) is 10.9 Å². The number of benzene rings is 1. The Morgan fingerprint density at radius 2 is 2.12 bits per heavy atom. The number of carbonyl (C=O) groups is 1. The highest BCUT2D eigenvalue weighted by Gasteiger charge is 2.11. The van der Waals surface area contributed by atoms with E-state index in [9.17, 15) is 4.79 Å². The van der Waals surface area contributed by atoms with Gasteiger partial charge in [-0.05, 0) is 12.1 Å². The van der Waals surface area contributed by atoms with Crippen molar-refractivity contribution in [2.24, 2.45) is 0 Å². The summed E-state index contributed by atoms with van der Waals surface area (Å²) in [4.78, 5) is 14.2. The van der Waals surface area contributed by atoms with Crippen molar-refractivity contribution < 1.29 is 14.3 Å². The van der Waals surface area contributed by atoms with Crippen LogP contribution in [0.15, 0.2) is 24.4 Å². The topological polar surface area (TPSA) is 63.3 Å². The van der Waals surface area contributed by atoms with Crippen molar-refractivity contribution in [3.05, 3.63) is 24.4 Å². The molecular weight excluding hydrogens is 208 g/mol. The number of carbonyl (C=O) groups excluding carboxylic acids is 1. The van der Waals surface area contributed by atoms with Gasteiger partial charge in [0, 0.05) is 11.6 Å². The number of aromatic amines is 1. The molecule has 0 unspecified atom stereocenters. The first-order valence-corrected chi connectivity index (χ1v) is 4.75. The van der Waals surface area contributed by atoms with E-state index in [2.05, 4.69) is 15.0 Å². The Bertz CT molecular complexity index is 519. The fraction of sp³-hybridized carbons (Fsp3) is 0.182. The van der Waals surface area contributed by atoms with Gasteiger partial charge in [-0.1, -0.05) is 6.07 Å². The standard InChI is InChI=1S/C11H12N2O3/c1-15-10-8(13-11(14)16-2)4-3-7-5-6-12-9(7)10/h3-6,12H,1-2H3,(H,13,14). The van der Waals surface area contributed by atoms with E-state index < -0.39 is 6.09 Å². The Hall–Kier alpha value is -2.17. The second kappa shape index (κ2) is 4.14. The molecule has 0 atom stereocenters. The molecule has 5 nitrogen and oxygen atoms in total. The van der Waals surface area contributed by atoms with Crippen molar-refractivity contribution in [1.82, 2.24) is 4.98 Å². The number of rotatable bonds is 2. The smallest absolute Gasteiger partial charge is 0.411 e. The van der Waals surface area contributed by atoms with Crippen molar-refractivity contribution >= 4 is 22.7 Å². The lowest BCUT2D eigenvalue weighted by Gasteiger charge is -2.10. The third kappa shape index (κ3) is 1.67. The number of fused-ring (bicyclic) bond motifs is 1. The van der Waals surface area contributed by atoms with Crippen molar-refractivity contribution in [3.8, 4) is 5.75 Å². The van der Waals surface area contributed by atoms with E-state index in [1.165, 1.54) is 7.11 Å². The third-order valence-electron chi connectivity index (χ3n) is 2.31. The maximum Gasteiger partial charge on any atom is 0.411 e. The summed E-state index contributed by atoms with van der Waals surface area (Å²) in [7, 11) is 2.87. The van der Waals surface area contributed by atoms with E-state index >= 15 is 0 Å². The van der Waals surface area contributed by atoms with E-state index in [1.54, 1.807) is 13.2 Å². The van der Waals surface area contributed by atoms with Crippen LogP contribution in [0.5, 0.6) is 5.75 Å². The molecule has 1 amide bonds. The lowest BCUT2D eigenvalue weighted by molar-refractivity contribution is 0.187. The quantitative estimate of drug-likeness (QED) is 0.816. The number of H-pyrrole nitrogens is 1. The summed E-state index contributed by atoms with van der Waals surface area (Å²) in [6, 6.07) is 5.59. The van der Waals surface area contributed by atoms with Crippen LogP contribution < -0.4 is 10.1 Å². The van der Waals surface area contributed by atoms with Crippen LogP contribution >= 0.6 is 0 Å². The molecule has 0 fully saturated rings. The highest BCUT2D eigenvalue weighted by atomic mass is 16.5. The number of anilines is 1. The van der Waals surface area contributed by atoms with Gasteiger partial charge < -0.3 is 14.5 Å².